The molecule has 1 rings (SSSR count). The van der Waals surface area contributed by atoms with Crippen LogP contribution in [0.25, 0.3) is 0 Å². The molecule has 88 valence electrons. The van der Waals surface area contributed by atoms with Crippen LogP contribution in [0.3, 0.4) is 0 Å². The van der Waals surface area contributed by atoms with Crippen LogP contribution in [0.5, 0.6) is 5.75 Å². The summed E-state index contributed by atoms with van der Waals surface area (Å²) in [6, 6.07) is 4.76. The summed E-state index contributed by atoms with van der Waals surface area (Å²) in [5.41, 5.74) is 0.234. The highest BCUT2D eigenvalue weighted by Gasteiger charge is 2.08. The molecule has 0 heterocycles. The standard InChI is InChI=1S/C10H11ClO4S/c1-16(13,14)6-5-15-10-4-2-3-9(11)8(10)7-12/h2-4,7H,5-6H2,1H3. The Morgan fingerprint density at radius 2 is 2.12 bits per heavy atom. The molecule has 0 fully saturated rings. The topological polar surface area (TPSA) is 60.4 Å². The SMILES string of the molecule is CS(=O)(=O)CCOc1cccc(Cl)c1C=O. The van der Waals surface area contributed by atoms with E-state index in [0.29, 0.717) is 12.0 Å². The second kappa shape index (κ2) is 5.32. The molecular formula is C10H11ClO4S. The van der Waals surface area contributed by atoms with Crippen molar-refractivity contribution in [2.45, 2.75) is 0 Å². The van der Waals surface area contributed by atoms with E-state index in [4.69, 9.17) is 16.3 Å². The molecule has 1 aromatic rings. The van der Waals surface area contributed by atoms with Crippen molar-refractivity contribution in [1.82, 2.24) is 0 Å². The third kappa shape index (κ3) is 3.83. The molecule has 16 heavy (non-hydrogen) atoms. The zero-order valence-corrected chi connectivity index (χ0v) is 10.2. The van der Waals surface area contributed by atoms with E-state index in [0.717, 1.165) is 6.26 Å². The fourth-order valence-electron chi connectivity index (χ4n) is 1.06. The van der Waals surface area contributed by atoms with E-state index >= 15 is 0 Å². The Kier molecular flexibility index (Phi) is 4.32. The van der Waals surface area contributed by atoms with Crippen molar-refractivity contribution in [3.05, 3.63) is 28.8 Å². The highest BCUT2D eigenvalue weighted by molar-refractivity contribution is 7.90. The van der Waals surface area contributed by atoms with E-state index in [2.05, 4.69) is 0 Å². The van der Waals surface area contributed by atoms with E-state index in [-0.39, 0.29) is 22.9 Å². The summed E-state index contributed by atoms with van der Waals surface area (Å²) in [6.45, 7) is 0.0000154. The van der Waals surface area contributed by atoms with Crippen LogP contribution in [0.15, 0.2) is 18.2 Å². The van der Waals surface area contributed by atoms with E-state index in [9.17, 15) is 13.2 Å². The molecule has 0 N–H and O–H groups in total. The number of rotatable bonds is 5. The first-order valence-corrected chi connectivity index (χ1v) is 6.92. The van der Waals surface area contributed by atoms with Crippen LogP contribution >= 0.6 is 11.6 Å². The van der Waals surface area contributed by atoms with Gasteiger partial charge in [-0.2, -0.15) is 0 Å². The zero-order chi connectivity index (χ0) is 12.2. The van der Waals surface area contributed by atoms with Crippen molar-refractivity contribution in [2.24, 2.45) is 0 Å². The summed E-state index contributed by atoms with van der Waals surface area (Å²) in [5.74, 6) is 0.198. The fraction of sp³-hybridized carbons (Fsp3) is 0.300. The van der Waals surface area contributed by atoms with E-state index in [1.165, 1.54) is 0 Å². The Morgan fingerprint density at radius 3 is 2.69 bits per heavy atom. The smallest absolute Gasteiger partial charge is 0.155 e. The van der Waals surface area contributed by atoms with Gasteiger partial charge in [-0.3, -0.25) is 4.79 Å². The number of carbonyl (C=O) groups is 1. The Bertz CT molecular complexity index is 482. The molecule has 0 saturated heterocycles. The minimum absolute atomic E-state index is 0.0000154. The molecule has 0 aliphatic carbocycles. The molecule has 0 spiro atoms. The number of ether oxygens (including phenoxy) is 1. The highest BCUT2D eigenvalue weighted by Crippen LogP contribution is 2.24. The summed E-state index contributed by atoms with van der Waals surface area (Å²) in [7, 11) is -3.07. The summed E-state index contributed by atoms with van der Waals surface area (Å²) < 4.78 is 26.9. The van der Waals surface area contributed by atoms with Gasteiger partial charge >= 0.3 is 0 Å². The minimum atomic E-state index is -3.07. The first-order chi connectivity index (χ1) is 7.44. The van der Waals surface area contributed by atoms with E-state index in [1.54, 1.807) is 18.2 Å². The Hall–Kier alpha value is -1.07. The van der Waals surface area contributed by atoms with Crippen molar-refractivity contribution in [3.63, 3.8) is 0 Å². The number of hydrogen-bond donors (Lipinski definition) is 0. The third-order valence-corrected chi connectivity index (χ3v) is 3.08. The normalized spacial score (nSPS) is 11.1. The van der Waals surface area contributed by atoms with Crippen LogP contribution < -0.4 is 4.74 Å². The Labute approximate surface area is 99.1 Å². The molecule has 0 atom stereocenters. The van der Waals surface area contributed by atoms with E-state index < -0.39 is 9.84 Å². The molecule has 0 unspecified atom stereocenters. The van der Waals surface area contributed by atoms with Crippen molar-refractivity contribution in [3.8, 4) is 5.75 Å². The van der Waals surface area contributed by atoms with Gasteiger partial charge in [-0.1, -0.05) is 17.7 Å². The molecule has 0 aromatic heterocycles. The van der Waals surface area contributed by atoms with Gasteiger partial charge in [0.25, 0.3) is 0 Å². The van der Waals surface area contributed by atoms with Gasteiger partial charge in [0.2, 0.25) is 0 Å². The summed E-state index contributed by atoms with van der Waals surface area (Å²) >= 11 is 5.77. The third-order valence-electron chi connectivity index (χ3n) is 1.84. The molecule has 4 nitrogen and oxygen atoms in total. The number of carbonyl (C=O) groups excluding carboxylic acids is 1. The highest BCUT2D eigenvalue weighted by atomic mass is 35.5. The average Bonchev–Trinajstić information content (AvgIpc) is 2.16. The van der Waals surface area contributed by atoms with Gasteiger partial charge in [0.1, 0.15) is 12.4 Å². The lowest BCUT2D eigenvalue weighted by Crippen LogP contribution is -2.12. The fourth-order valence-corrected chi connectivity index (χ4v) is 1.66. The van der Waals surface area contributed by atoms with Crippen molar-refractivity contribution in [1.29, 1.82) is 0 Å². The Balaban J connectivity index is 2.74. The second-order valence-electron chi connectivity index (χ2n) is 3.25. The molecule has 1 aromatic carbocycles. The van der Waals surface area contributed by atoms with Crippen LogP contribution in [-0.4, -0.2) is 33.3 Å². The minimum Gasteiger partial charge on any atom is -0.492 e. The average molecular weight is 263 g/mol. The number of aldehydes is 1. The lowest BCUT2D eigenvalue weighted by Gasteiger charge is -2.08. The number of hydrogen-bond acceptors (Lipinski definition) is 4. The van der Waals surface area contributed by atoms with Crippen LogP contribution in [0.4, 0.5) is 0 Å². The maximum Gasteiger partial charge on any atom is 0.155 e. The molecular weight excluding hydrogens is 252 g/mol. The van der Waals surface area contributed by atoms with Crippen LogP contribution in [0, 0.1) is 0 Å². The lowest BCUT2D eigenvalue weighted by atomic mass is 10.2. The molecule has 0 amide bonds. The number of halogens is 1. The summed E-state index contributed by atoms with van der Waals surface area (Å²) in [6.07, 6.45) is 1.70. The quantitative estimate of drug-likeness (QED) is 0.756. The Morgan fingerprint density at radius 1 is 1.44 bits per heavy atom. The van der Waals surface area contributed by atoms with Crippen LogP contribution in [0.1, 0.15) is 10.4 Å². The molecule has 0 aliphatic rings. The number of sulfone groups is 1. The van der Waals surface area contributed by atoms with Gasteiger partial charge < -0.3 is 4.74 Å². The summed E-state index contributed by atoms with van der Waals surface area (Å²) in [5, 5.41) is 0.284. The van der Waals surface area contributed by atoms with Crippen LogP contribution in [-0.2, 0) is 9.84 Å². The van der Waals surface area contributed by atoms with Gasteiger partial charge in [0.15, 0.2) is 16.1 Å². The maximum atomic E-state index is 10.9. The van der Waals surface area contributed by atoms with Crippen LogP contribution in [0.2, 0.25) is 5.02 Å². The first kappa shape index (κ1) is 13.0. The number of benzene rings is 1. The lowest BCUT2D eigenvalue weighted by molar-refractivity contribution is 0.112. The monoisotopic (exact) mass is 262 g/mol. The maximum absolute atomic E-state index is 10.9. The van der Waals surface area contributed by atoms with Gasteiger partial charge in [-0.15, -0.1) is 0 Å². The van der Waals surface area contributed by atoms with Crippen molar-refractivity contribution >= 4 is 27.7 Å². The predicted octanol–water partition coefficient (Wildman–Crippen LogP) is 1.58. The van der Waals surface area contributed by atoms with Gasteiger partial charge in [0, 0.05) is 6.26 Å². The summed E-state index contributed by atoms with van der Waals surface area (Å²) in [4.78, 5) is 10.7. The molecule has 6 heteroatoms. The largest absolute Gasteiger partial charge is 0.492 e. The van der Waals surface area contributed by atoms with E-state index in [1.807, 2.05) is 0 Å². The molecule has 0 bridgehead atoms. The predicted molar refractivity (Wildman–Crippen MR) is 62.0 cm³/mol. The van der Waals surface area contributed by atoms with Crippen molar-refractivity contribution < 1.29 is 17.9 Å². The zero-order valence-electron chi connectivity index (χ0n) is 8.64. The second-order valence-corrected chi connectivity index (χ2v) is 5.91. The molecule has 0 aliphatic heterocycles. The van der Waals surface area contributed by atoms with Gasteiger partial charge in [0.05, 0.1) is 16.3 Å². The first-order valence-electron chi connectivity index (χ1n) is 4.48. The molecule has 0 radical (unpaired) electrons. The molecule has 0 saturated carbocycles. The van der Waals surface area contributed by atoms with Gasteiger partial charge in [-0.05, 0) is 12.1 Å². The van der Waals surface area contributed by atoms with Gasteiger partial charge in [-0.25, -0.2) is 8.42 Å². The van der Waals surface area contributed by atoms with Crippen molar-refractivity contribution in [2.75, 3.05) is 18.6 Å².